The maximum atomic E-state index is 12.0. The molecule has 1 aliphatic heterocycles. The van der Waals surface area contributed by atoms with Crippen LogP contribution in [-0.2, 0) is 11.3 Å². The number of rotatable bonds is 5. The maximum absolute atomic E-state index is 12.0. The third-order valence-electron chi connectivity index (χ3n) is 3.95. The molecule has 3 rings (SSSR count). The van der Waals surface area contributed by atoms with Gasteiger partial charge in [0.2, 0.25) is 0 Å². The van der Waals surface area contributed by atoms with E-state index in [1.54, 1.807) is 37.6 Å². The van der Waals surface area contributed by atoms with Gasteiger partial charge in [0, 0.05) is 31.5 Å². The fraction of sp³-hybridized carbons (Fsp3) is 0.333. The number of carbonyl (C=O) groups is 1. The molecule has 7 heteroatoms. The van der Waals surface area contributed by atoms with Gasteiger partial charge < -0.3 is 25.0 Å². The van der Waals surface area contributed by atoms with Crippen LogP contribution in [0.25, 0.3) is 0 Å². The van der Waals surface area contributed by atoms with Crippen LogP contribution in [0.15, 0.2) is 42.6 Å². The number of pyridine rings is 1. The first kappa shape index (κ1) is 17.0. The van der Waals surface area contributed by atoms with Crippen molar-refractivity contribution in [3.8, 4) is 5.75 Å². The summed E-state index contributed by atoms with van der Waals surface area (Å²) in [5, 5.41) is 5.60. The molecule has 0 saturated carbocycles. The van der Waals surface area contributed by atoms with E-state index in [1.165, 1.54) is 0 Å². The van der Waals surface area contributed by atoms with E-state index >= 15 is 0 Å². The highest BCUT2D eigenvalue weighted by atomic mass is 16.5. The summed E-state index contributed by atoms with van der Waals surface area (Å²) in [5.74, 6) is 1.69. The molecular formula is C18H22N4O3. The molecule has 2 amide bonds. The quantitative estimate of drug-likeness (QED) is 0.872. The summed E-state index contributed by atoms with van der Waals surface area (Å²) in [6.07, 6.45) is 1.79. The highest BCUT2D eigenvalue weighted by Crippen LogP contribution is 2.15. The van der Waals surface area contributed by atoms with Gasteiger partial charge in [-0.05, 0) is 35.9 Å². The van der Waals surface area contributed by atoms with Crippen LogP contribution >= 0.6 is 0 Å². The van der Waals surface area contributed by atoms with Gasteiger partial charge >= 0.3 is 6.03 Å². The van der Waals surface area contributed by atoms with Crippen molar-refractivity contribution in [2.45, 2.75) is 6.54 Å². The summed E-state index contributed by atoms with van der Waals surface area (Å²) in [6.45, 7) is 3.59. The Morgan fingerprint density at radius 2 is 1.96 bits per heavy atom. The highest BCUT2D eigenvalue weighted by molar-refractivity contribution is 5.89. The summed E-state index contributed by atoms with van der Waals surface area (Å²) in [5.41, 5.74) is 1.65. The molecular weight excluding hydrogens is 320 g/mol. The molecule has 0 spiro atoms. The molecule has 2 N–H and O–H groups in total. The van der Waals surface area contributed by atoms with E-state index in [4.69, 9.17) is 9.47 Å². The summed E-state index contributed by atoms with van der Waals surface area (Å²) in [4.78, 5) is 18.6. The first-order valence-corrected chi connectivity index (χ1v) is 8.21. The third kappa shape index (κ3) is 4.84. The van der Waals surface area contributed by atoms with Gasteiger partial charge in [-0.25, -0.2) is 9.78 Å². The number of ether oxygens (including phenoxy) is 2. The first-order chi connectivity index (χ1) is 12.2. The number of nitrogens with zero attached hydrogens (tertiary/aromatic N) is 2. The molecule has 1 fully saturated rings. The SMILES string of the molecule is COc1ccc(NC(=O)NCc2ccc(N3CCOCC3)nc2)cc1. The van der Waals surface area contributed by atoms with Crippen molar-refractivity contribution < 1.29 is 14.3 Å². The lowest BCUT2D eigenvalue weighted by Crippen LogP contribution is -2.36. The van der Waals surface area contributed by atoms with E-state index in [-0.39, 0.29) is 6.03 Å². The molecule has 132 valence electrons. The van der Waals surface area contributed by atoms with Gasteiger partial charge in [0.05, 0.1) is 20.3 Å². The Hall–Kier alpha value is -2.80. The number of anilines is 2. The van der Waals surface area contributed by atoms with E-state index in [0.717, 1.165) is 43.4 Å². The minimum Gasteiger partial charge on any atom is -0.497 e. The van der Waals surface area contributed by atoms with Gasteiger partial charge in [-0.2, -0.15) is 0 Å². The Morgan fingerprint density at radius 1 is 1.20 bits per heavy atom. The molecule has 0 bridgehead atoms. The number of carbonyl (C=O) groups excluding carboxylic acids is 1. The smallest absolute Gasteiger partial charge is 0.319 e. The lowest BCUT2D eigenvalue weighted by atomic mass is 10.2. The van der Waals surface area contributed by atoms with Crippen LogP contribution in [0.2, 0.25) is 0 Å². The highest BCUT2D eigenvalue weighted by Gasteiger charge is 2.12. The van der Waals surface area contributed by atoms with Crippen molar-refractivity contribution in [3.05, 3.63) is 48.2 Å². The van der Waals surface area contributed by atoms with Crippen molar-refractivity contribution in [2.75, 3.05) is 43.6 Å². The molecule has 0 unspecified atom stereocenters. The first-order valence-electron chi connectivity index (χ1n) is 8.21. The molecule has 0 aliphatic carbocycles. The Balaban J connectivity index is 1.47. The predicted molar refractivity (Wildman–Crippen MR) is 96.1 cm³/mol. The summed E-state index contributed by atoms with van der Waals surface area (Å²) >= 11 is 0. The average Bonchev–Trinajstić information content (AvgIpc) is 2.68. The monoisotopic (exact) mass is 342 g/mol. The van der Waals surface area contributed by atoms with E-state index in [2.05, 4.69) is 20.5 Å². The number of nitrogens with one attached hydrogen (secondary N) is 2. The fourth-order valence-electron chi connectivity index (χ4n) is 2.53. The zero-order valence-electron chi connectivity index (χ0n) is 14.2. The van der Waals surface area contributed by atoms with Crippen LogP contribution in [0.3, 0.4) is 0 Å². The van der Waals surface area contributed by atoms with Crippen molar-refractivity contribution in [3.63, 3.8) is 0 Å². The number of morpholine rings is 1. The van der Waals surface area contributed by atoms with Crippen molar-refractivity contribution in [1.82, 2.24) is 10.3 Å². The van der Waals surface area contributed by atoms with Gasteiger partial charge in [0.25, 0.3) is 0 Å². The van der Waals surface area contributed by atoms with Gasteiger partial charge in [0.1, 0.15) is 11.6 Å². The average molecular weight is 342 g/mol. The molecule has 1 aromatic heterocycles. The Morgan fingerprint density at radius 3 is 2.60 bits per heavy atom. The largest absolute Gasteiger partial charge is 0.497 e. The van der Waals surface area contributed by atoms with Crippen molar-refractivity contribution >= 4 is 17.5 Å². The lowest BCUT2D eigenvalue weighted by molar-refractivity contribution is 0.122. The molecule has 2 heterocycles. The second-order valence-corrected chi connectivity index (χ2v) is 5.66. The summed E-state index contributed by atoms with van der Waals surface area (Å²) in [7, 11) is 1.60. The maximum Gasteiger partial charge on any atom is 0.319 e. The number of benzene rings is 1. The second kappa shape index (κ2) is 8.34. The van der Waals surface area contributed by atoms with Crippen molar-refractivity contribution in [1.29, 1.82) is 0 Å². The van der Waals surface area contributed by atoms with Crippen LogP contribution in [0.1, 0.15) is 5.56 Å². The minimum atomic E-state index is -0.262. The summed E-state index contributed by atoms with van der Waals surface area (Å²) in [6, 6.07) is 10.9. The molecule has 25 heavy (non-hydrogen) atoms. The molecule has 1 saturated heterocycles. The third-order valence-corrected chi connectivity index (χ3v) is 3.95. The molecule has 0 atom stereocenters. The Labute approximate surface area is 147 Å². The van der Waals surface area contributed by atoms with E-state index in [9.17, 15) is 4.79 Å². The predicted octanol–water partition coefficient (Wildman–Crippen LogP) is 2.25. The van der Waals surface area contributed by atoms with Crippen LogP contribution in [0.5, 0.6) is 5.75 Å². The fourth-order valence-corrected chi connectivity index (χ4v) is 2.53. The zero-order chi connectivity index (χ0) is 17.5. The zero-order valence-corrected chi connectivity index (χ0v) is 14.2. The number of methoxy groups -OCH3 is 1. The van der Waals surface area contributed by atoms with Crippen LogP contribution in [0, 0.1) is 0 Å². The van der Waals surface area contributed by atoms with E-state index < -0.39 is 0 Å². The van der Waals surface area contributed by atoms with Gasteiger partial charge in [0.15, 0.2) is 0 Å². The van der Waals surface area contributed by atoms with E-state index in [1.807, 2.05) is 12.1 Å². The number of amides is 2. The van der Waals surface area contributed by atoms with Gasteiger partial charge in [-0.1, -0.05) is 6.07 Å². The standard InChI is InChI=1S/C18H22N4O3/c1-24-16-5-3-15(4-6-16)21-18(23)20-13-14-2-7-17(19-12-14)22-8-10-25-11-9-22/h2-7,12H,8-11,13H2,1H3,(H2,20,21,23). The Kier molecular flexibility index (Phi) is 5.69. The van der Waals surface area contributed by atoms with Crippen LogP contribution in [-0.4, -0.2) is 44.4 Å². The van der Waals surface area contributed by atoms with Crippen molar-refractivity contribution in [2.24, 2.45) is 0 Å². The van der Waals surface area contributed by atoms with Gasteiger partial charge in [-0.3, -0.25) is 0 Å². The van der Waals surface area contributed by atoms with Crippen LogP contribution in [0.4, 0.5) is 16.3 Å². The molecule has 1 aliphatic rings. The lowest BCUT2D eigenvalue weighted by Gasteiger charge is -2.27. The minimum absolute atomic E-state index is 0.262. The number of hydrogen-bond donors (Lipinski definition) is 2. The molecule has 2 aromatic rings. The van der Waals surface area contributed by atoms with Gasteiger partial charge in [-0.15, -0.1) is 0 Å². The second-order valence-electron chi connectivity index (χ2n) is 5.66. The Bertz CT molecular complexity index is 682. The summed E-state index contributed by atoms with van der Waals surface area (Å²) < 4.78 is 10.4. The number of urea groups is 1. The number of aromatic nitrogens is 1. The molecule has 1 aromatic carbocycles. The van der Waals surface area contributed by atoms with E-state index in [0.29, 0.717) is 12.2 Å². The molecule has 0 radical (unpaired) electrons. The topological polar surface area (TPSA) is 75.7 Å². The number of hydrogen-bond acceptors (Lipinski definition) is 5. The normalized spacial score (nSPS) is 14.0. The van der Waals surface area contributed by atoms with Crippen LogP contribution < -0.4 is 20.3 Å². The molecule has 7 nitrogen and oxygen atoms in total.